The van der Waals surface area contributed by atoms with Crippen LogP contribution in [0.25, 0.3) is 11.3 Å². The first-order chi connectivity index (χ1) is 15.0. The second kappa shape index (κ2) is 9.26. The summed E-state index contributed by atoms with van der Waals surface area (Å²) in [6.45, 7) is 0. The average Bonchev–Trinajstić information content (AvgIpc) is 3.22. The second-order valence-corrected chi connectivity index (χ2v) is 7.94. The highest BCUT2D eigenvalue weighted by Gasteiger charge is 2.25. The van der Waals surface area contributed by atoms with Crippen molar-refractivity contribution in [2.75, 3.05) is 7.11 Å². The van der Waals surface area contributed by atoms with Gasteiger partial charge in [-0.05, 0) is 30.5 Å². The summed E-state index contributed by atoms with van der Waals surface area (Å²) in [5.41, 5.74) is 3.96. The van der Waals surface area contributed by atoms with E-state index in [1.54, 1.807) is 30.3 Å². The Kier molecular flexibility index (Phi) is 6.27. The highest BCUT2D eigenvalue weighted by atomic mass is 16.5. The molecule has 3 aromatic heterocycles. The number of carbonyl (C=O) groups excluding carboxylic acids is 1. The highest BCUT2D eigenvalue weighted by Crippen LogP contribution is 2.24. The summed E-state index contributed by atoms with van der Waals surface area (Å²) in [5.74, 6) is 0.338. The molecule has 0 spiro atoms. The molecule has 1 saturated carbocycles. The van der Waals surface area contributed by atoms with E-state index >= 15 is 0 Å². The highest BCUT2D eigenvalue weighted by molar-refractivity contribution is 5.92. The summed E-state index contributed by atoms with van der Waals surface area (Å²) in [7, 11) is 3.46. The number of aliphatic hydroxyl groups excluding tert-OH is 1. The Labute approximate surface area is 181 Å². The van der Waals surface area contributed by atoms with Crippen LogP contribution in [-0.2, 0) is 13.5 Å². The van der Waals surface area contributed by atoms with Crippen LogP contribution in [0.15, 0.2) is 43.0 Å². The molecule has 8 nitrogen and oxygen atoms in total. The zero-order chi connectivity index (χ0) is 21.8. The first kappa shape index (κ1) is 21.0. The summed E-state index contributed by atoms with van der Waals surface area (Å²) >= 11 is 0. The van der Waals surface area contributed by atoms with E-state index in [-0.39, 0.29) is 11.9 Å². The van der Waals surface area contributed by atoms with Gasteiger partial charge in [-0.1, -0.05) is 18.9 Å². The van der Waals surface area contributed by atoms with Gasteiger partial charge in [-0.25, -0.2) is 4.98 Å². The van der Waals surface area contributed by atoms with E-state index in [1.165, 1.54) is 0 Å². The third-order valence-electron chi connectivity index (χ3n) is 5.67. The van der Waals surface area contributed by atoms with E-state index in [4.69, 9.17) is 4.74 Å². The maximum atomic E-state index is 12.7. The number of rotatable bonds is 6. The molecule has 1 aliphatic carbocycles. The van der Waals surface area contributed by atoms with Crippen LogP contribution >= 0.6 is 0 Å². The van der Waals surface area contributed by atoms with Crippen molar-refractivity contribution in [2.45, 2.75) is 44.2 Å². The number of pyridine rings is 2. The smallest absolute Gasteiger partial charge is 0.270 e. The molecule has 0 saturated heterocycles. The summed E-state index contributed by atoms with van der Waals surface area (Å²) in [6.07, 6.45) is 10.6. The lowest BCUT2D eigenvalue weighted by atomic mass is 9.92. The van der Waals surface area contributed by atoms with Gasteiger partial charge >= 0.3 is 0 Å². The molecule has 0 aromatic carbocycles. The van der Waals surface area contributed by atoms with Crippen molar-refractivity contribution in [3.63, 3.8) is 0 Å². The van der Waals surface area contributed by atoms with Crippen molar-refractivity contribution in [3.8, 4) is 17.0 Å². The molecule has 0 unspecified atom stereocenters. The van der Waals surface area contributed by atoms with E-state index in [0.29, 0.717) is 24.3 Å². The van der Waals surface area contributed by atoms with Crippen LogP contribution in [0.3, 0.4) is 0 Å². The van der Waals surface area contributed by atoms with Gasteiger partial charge in [0.25, 0.3) is 5.91 Å². The normalized spacial score (nSPS) is 18.5. The largest absolute Gasteiger partial charge is 0.495 e. The number of aromatic nitrogens is 4. The molecular weight excluding hydrogens is 394 g/mol. The minimum Gasteiger partial charge on any atom is -0.495 e. The number of nitrogens with one attached hydrogen (secondary N) is 1. The van der Waals surface area contributed by atoms with E-state index in [2.05, 4.69) is 20.4 Å². The number of hydrogen-bond donors (Lipinski definition) is 2. The first-order valence-corrected chi connectivity index (χ1v) is 10.5. The van der Waals surface area contributed by atoms with Crippen LogP contribution in [-0.4, -0.2) is 50.0 Å². The second-order valence-electron chi connectivity index (χ2n) is 7.94. The molecule has 3 heterocycles. The molecule has 2 N–H and O–H groups in total. The molecule has 0 aliphatic heterocycles. The van der Waals surface area contributed by atoms with Gasteiger partial charge in [0, 0.05) is 37.0 Å². The monoisotopic (exact) mass is 421 g/mol. The zero-order valence-electron chi connectivity index (χ0n) is 17.8. The summed E-state index contributed by atoms with van der Waals surface area (Å²) in [6, 6.07) is 5.49. The van der Waals surface area contributed by atoms with Crippen molar-refractivity contribution in [1.29, 1.82) is 0 Å². The van der Waals surface area contributed by atoms with E-state index < -0.39 is 6.10 Å². The fourth-order valence-corrected chi connectivity index (χ4v) is 3.93. The number of aliphatic hydroxyl groups is 1. The van der Waals surface area contributed by atoms with E-state index in [9.17, 15) is 9.90 Å². The van der Waals surface area contributed by atoms with E-state index in [1.807, 2.05) is 31.6 Å². The Morgan fingerprint density at radius 1 is 1.23 bits per heavy atom. The van der Waals surface area contributed by atoms with Crippen LogP contribution in [0.4, 0.5) is 0 Å². The Morgan fingerprint density at radius 2 is 2.06 bits per heavy atom. The van der Waals surface area contributed by atoms with E-state index in [0.717, 1.165) is 41.6 Å². The molecule has 162 valence electrons. The van der Waals surface area contributed by atoms with Crippen molar-refractivity contribution >= 4 is 5.91 Å². The number of hydrogen-bond acceptors (Lipinski definition) is 6. The predicted octanol–water partition coefficient (Wildman–Crippen LogP) is 2.51. The Hall–Kier alpha value is -3.26. The molecule has 8 heteroatoms. The fourth-order valence-electron chi connectivity index (χ4n) is 3.93. The van der Waals surface area contributed by atoms with Gasteiger partial charge in [0.2, 0.25) is 0 Å². The number of amides is 1. The maximum Gasteiger partial charge on any atom is 0.270 e. The molecule has 31 heavy (non-hydrogen) atoms. The lowest BCUT2D eigenvalue weighted by molar-refractivity contribution is 0.0713. The number of carbonyl (C=O) groups is 1. The minimum absolute atomic E-state index is 0.224. The molecule has 1 fully saturated rings. The summed E-state index contributed by atoms with van der Waals surface area (Å²) < 4.78 is 7.19. The molecule has 2 atom stereocenters. The number of nitrogens with zero attached hydrogens (tertiary/aromatic N) is 4. The Bertz CT molecular complexity index is 1050. The molecule has 0 radical (unpaired) electrons. The van der Waals surface area contributed by atoms with Gasteiger partial charge in [-0.15, -0.1) is 0 Å². The minimum atomic E-state index is -0.500. The van der Waals surface area contributed by atoms with Gasteiger partial charge in [-0.3, -0.25) is 14.5 Å². The number of ether oxygens (including phenoxy) is 1. The first-order valence-electron chi connectivity index (χ1n) is 10.5. The quantitative estimate of drug-likeness (QED) is 0.634. The van der Waals surface area contributed by atoms with Crippen LogP contribution in [0.1, 0.15) is 47.3 Å². The fraction of sp³-hybridized carbons (Fsp3) is 0.391. The van der Waals surface area contributed by atoms with Crippen molar-refractivity contribution in [3.05, 3.63) is 59.8 Å². The maximum absolute atomic E-state index is 12.7. The lowest BCUT2D eigenvalue weighted by Crippen LogP contribution is -2.45. The van der Waals surface area contributed by atoms with Crippen LogP contribution < -0.4 is 10.1 Å². The van der Waals surface area contributed by atoms with Gasteiger partial charge in [0.15, 0.2) is 0 Å². The molecule has 1 amide bonds. The third kappa shape index (κ3) is 4.91. The third-order valence-corrected chi connectivity index (χ3v) is 5.67. The van der Waals surface area contributed by atoms with Gasteiger partial charge in [0.1, 0.15) is 11.4 Å². The zero-order valence-corrected chi connectivity index (χ0v) is 17.8. The van der Waals surface area contributed by atoms with Crippen LogP contribution in [0, 0.1) is 0 Å². The van der Waals surface area contributed by atoms with Crippen molar-refractivity contribution in [1.82, 2.24) is 25.1 Å². The predicted molar refractivity (Wildman–Crippen MR) is 116 cm³/mol. The molecule has 1 aliphatic rings. The van der Waals surface area contributed by atoms with Crippen molar-refractivity contribution in [2.24, 2.45) is 7.05 Å². The van der Waals surface area contributed by atoms with Gasteiger partial charge in [0.05, 0.1) is 37.3 Å². The Morgan fingerprint density at radius 3 is 2.74 bits per heavy atom. The topological polar surface area (TPSA) is 102 Å². The number of aryl methyl sites for hydroxylation is 1. The number of methoxy groups -OCH3 is 1. The van der Waals surface area contributed by atoms with Crippen LogP contribution in [0.5, 0.6) is 5.75 Å². The SMILES string of the molecule is COc1cnc(C(=O)N[C@@H]2CCCC[C@H]2O)cc1Cc1ccc(-c2cnn(C)c2)nc1. The van der Waals surface area contributed by atoms with Gasteiger partial charge < -0.3 is 15.2 Å². The summed E-state index contributed by atoms with van der Waals surface area (Å²) in [5, 5.41) is 17.2. The molecule has 0 bridgehead atoms. The average molecular weight is 422 g/mol. The van der Waals surface area contributed by atoms with Crippen LogP contribution in [0.2, 0.25) is 0 Å². The Balaban J connectivity index is 1.50. The summed E-state index contributed by atoms with van der Waals surface area (Å²) in [4.78, 5) is 21.5. The standard InChI is InChI=1S/C23H27N5O3/c1-28-14-17(12-26-28)18-8-7-15(11-24-18)9-16-10-20(25-13-22(16)31-2)23(30)27-19-5-3-4-6-21(19)29/h7-8,10-14,19,21,29H,3-6,9H2,1-2H3,(H,27,30)/t19-,21-/m1/s1. The molecular formula is C23H27N5O3. The molecule has 4 rings (SSSR count). The van der Waals surface area contributed by atoms with Crippen molar-refractivity contribution < 1.29 is 14.6 Å². The van der Waals surface area contributed by atoms with Gasteiger partial charge in [-0.2, -0.15) is 5.10 Å². The lowest BCUT2D eigenvalue weighted by Gasteiger charge is -2.28. The molecule has 3 aromatic rings.